The van der Waals surface area contributed by atoms with Crippen LogP contribution in [0.15, 0.2) is 23.3 Å². The lowest BCUT2D eigenvalue weighted by atomic mass is 9.61. The monoisotopic (exact) mass is 455 g/mol. The number of fused-ring (bicyclic) bond motifs is 1. The first-order chi connectivity index (χ1) is 15.1. The average molecular weight is 456 g/mol. The number of alkyl halides is 3. The van der Waals surface area contributed by atoms with Gasteiger partial charge in [-0.25, -0.2) is 0 Å². The molecule has 2 N–H and O–H groups in total. The number of allylic oxidation sites excluding steroid dienone is 3. The van der Waals surface area contributed by atoms with E-state index in [-0.39, 0.29) is 18.4 Å². The molecule has 6 heteroatoms. The molecule has 4 rings (SSSR count). The van der Waals surface area contributed by atoms with Crippen LogP contribution in [0.4, 0.5) is 13.2 Å². The lowest BCUT2D eigenvalue weighted by Crippen LogP contribution is -2.39. The minimum Gasteiger partial charge on any atom is -0.393 e. The molecule has 0 aromatic rings. The van der Waals surface area contributed by atoms with Crippen LogP contribution >= 0.6 is 0 Å². The summed E-state index contributed by atoms with van der Waals surface area (Å²) in [5.74, 6) is 0.335. The standard InChI is InChI=1S/C26H40F3NO2/c1-17(15-30-11-9-20(16-30)26(27,28)29)23-7-8-24-19(4-3-10-25(23,24)2)6-5-18-12-21(31)14-22(32)13-18/h5-6,17,20-24,31-32H,3-4,7-16H2,1-2H3/b19-6+/t17?,20?,21-,22-,23-,24+,25-/m1/s1. The Hall–Kier alpha value is -0.850. The van der Waals surface area contributed by atoms with Gasteiger partial charge in [-0.15, -0.1) is 0 Å². The van der Waals surface area contributed by atoms with Crippen molar-refractivity contribution in [2.75, 3.05) is 19.6 Å². The highest BCUT2D eigenvalue weighted by atomic mass is 19.4. The van der Waals surface area contributed by atoms with Crippen molar-refractivity contribution >= 4 is 0 Å². The van der Waals surface area contributed by atoms with Crippen molar-refractivity contribution in [2.45, 2.75) is 90.0 Å². The Labute approximate surface area is 190 Å². The Morgan fingerprint density at radius 3 is 2.50 bits per heavy atom. The third kappa shape index (κ3) is 5.12. The maximum atomic E-state index is 13.1. The van der Waals surface area contributed by atoms with E-state index in [2.05, 4.69) is 26.0 Å². The molecule has 3 saturated carbocycles. The third-order valence-corrected chi connectivity index (χ3v) is 9.08. The van der Waals surface area contributed by atoms with Gasteiger partial charge in [0, 0.05) is 13.1 Å². The maximum absolute atomic E-state index is 13.1. The molecule has 3 aliphatic carbocycles. The largest absolute Gasteiger partial charge is 0.393 e. The van der Waals surface area contributed by atoms with Gasteiger partial charge >= 0.3 is 6.18 Å². The van der Waals surface area contributed by atoms with Crippen molar-refractivity contribution in [1.82, 2.24) is 4.90 Å². The zero-order chi connectivity index (χ0) is 23.1. The number of hydrogen-bond acceptors (Lipinski definition) is 3. The van der Waals surface area contributed by atoms with Crippen LogP contribution in [0.25, 0.3) is 0 Å². The summed E-state index contributed by atoms with van der Waals surface area (Å²) in [5, 5.41) is 19.9. The number of aliphatic hydroxyl groups excluding tert-OH is 2. The minimum atomic E-state index is -4.07. The van der Waals surface area contributed by atoms with Crippen LogP contribution in [-0.4, -0.2) is 53.1 Å². The second kappa shape index (κ2) is 9.42. The van der Waals surface area contributed by atoms with Gasteiger partial charge in [-0.3, -0.25) is 0 Å². The van der Waals surface area contributed by atoms with Crippen LogP contribution in [0.5, 0.6) is 0 Å². The fourth-order valence-corrected chi connectivity index (χ4v) is 7.54. The van der Waals surface area contributed by atoms with E-state index in [9.17, 15) is 23.4 Å². The van der Waals surface area contributed by atoms with Crippen LogP contribution in [-0.2, 0) is 0 Å². The van der Waals surface area contributed by atoms with E-state index in [0.29, 0.717) is 43.6 Å². The Kier molecular flexibility index (Phi) is 7.15. The van der Waals surface area contributed by atoms with Crippen LogP contribution in [0, 0.1) is 29.1 Å². The quantitative estimate of drug-likeness (QED) is 0.590. The summed E-state index contributed by atoms with van der Waals surface area (Å²) in [4.78, 5) is 2.04. The Balaban J connectivity index is 1.41. The minimum absolute atomic E-state index is 0.164. The third-order valence-electron chi connectivity index (χ3n) is 9.08. The summed E-state index contributed by atoms with van der Waals surface area (Å²) in [7, 11) is 0. The summed E-state index contributed by atoms with van der Waals surface area (Å²) < 4.78 is 39.2. The second-order valence-corrected chi connectivity index (χ2v) is 11.4. The molecule has 7 atom stereocenters. The maximum Gasteiger partial charge on any atom is 0.393 e. The van der Waals surface area contributed by atoms with Crippen molar-refractivity contribution < 1.29 is 23.4 Å². The zero-order valence-corrected chi connectivity index (χ0v) is 19.6. The Bertz CT molecular complexity index is 721. The van der Waals surface area contributed by atoms with Gasteiger partial charge < -0.3 is 15.1 Å². The molecule has 182 valence electrons. The summed E-state index contributed by atoms with van der Waals surface area (Å²) >= 11 is 0. The molecule has 1 heterocycles. The molecule has 0 spiro atoms. The van der Waals surface area contributed by atoms with E-state index >= 15 is 0 Å². The first kappa shape index (κ1) is 24.3. The van der Waals surface area contributed by atoms with E-state index in [1.807, 2.05) is 4.90 Å². The first-order valence-corrected chi connectivity index (χ1v) is 12.6. The first-order valence-electron chi connectivity index (χ1n) is 12.6. The molecule has 1 aliphatic heterocycles. The summed E-state index contributed by atoms with van der Waals surface area (Å²) in [6.45, 7) is 6.18. The van der Waals surface area contributed by atoms with Crippen molar-refractivity contribution in [2.24, 2.45) is 29.1 Å². The van der Waals surface area contributed by atoms with Crippen molar-refractivity contribution in [1.29, 1.82) is 0 Å². The van der Waals surface area contributed by atoms with Crippen molar-refractivity contribution in [3.8, 4) is 0 Å². The molecule has 0 bridgehead atoms. The molecule has 1 saturated heterocycles. The van der Waals surface area contributed by atoms with Crippen LogP contribution < -0.4 is 0 Å². The second-order valence-electron chi connectivity index (χ2n) is 11.4. The molecular formula is C26H40F3NO2. The van der Waals surface area contributed by atoms with Gasteiger partial charge in [0.05, 0.1) is 18.1 Å². The normalized spacial score (nSPS) is 41.2. The van der Waals surface area contributed by atoms with Gasteiger partial charge in [0.15, 0.2) is 0 Å². The lowest BCUT2D eigenvalue weighted by molar-refractivity contribution is -0.170. The van der Waals surface area contributed by atoms with Gasteiger partial charge in [-0.2, -0.15) is 13.2 Å². The molecule has 2 unspecified atom stereocenters. The van der Waals surface area contributed by atoms with Crippen LogP contribution in [0.1, 0.15) is 71.6 Å². The van der Waals surface area contributed by atoms with Gasteiger partial charge in [0.25, 0.3) is 0 Å². The molecule has 32 heavy (non-hydrogen) atoms. The molecule has 0 amide bonds. The van der Waals surface area contributed by atoms with E-state index < -0.39 is 24.3 Å². The molecule has 4 fully saturated rings. The summed E-state index contributed by atoms with van der Waals surface area (Å²) in [6.07, 6.45) is 7.25. The van der Waals surface area contributed by atoms with Crippen LogP contribution in [0.2, 0.25) is 0 Å². The molecule has 3 nitrogen and oxygen atoms in total. The highest BCUT2D eigenvalue weighted by Gasteiger charge is 2.51. The number of rotatable bonds is 4. The predicted octanol–water partition coefficient (Wildman–Crippen LogP) is 5.48. The molecule has 0 radical (unpaired) electrons. The molecule has 0 aromatic carbocycles. The van der Waals surface area contributed by atoms with Gasteiger partial charge in [0.1, 0.15) is 0 Å². The Morgan fingerprint density at radius 1 is 1.12 bits per heavy atom. The van der Waals surface area contributed by atoms with Crippen LogP contribution in [0.3, 0.4) is 0 Å². The average Bonchev–Trinajstić information content (AvgIpc) is 3.29. The number of likely N-dealkylation sites (tertiary alicyclic amines) is 1. The van der Waals surface area contributed by atoms with Gasteiger partial charge in [-0.05, 0) is 87.5 Å². The number of aliphatic hydroxyl groups is 2. The zero-order valence-electron chi connectivity index (χ0n) is 19.6. The lowest BCUT2D eigenvalue weighted by Gasteiger charge is -2.45. The van der Waals surface area contributed by atoms with E-state index in [1.165, 1.54) is 12.0 Å². The van der Waals surface area contributed by atoms with Crippen molar-refractivity contribution in [3.05, 3.63) is 23.3 Å². The topological polar surface area (TPSA) is 43.7 Å². The summed E-state index contributed by atoms with van der Waals surface area (Å²) in [5.41, 5.74) is 2.84. The molecule has 4 aliphatic rings. The highest BCUT2D eigenvalue weighted by Crippen LogP contribution is 2.59. The van der Waals surface area contributed by atoms with Gasteiger partial charge in [-0.1, -0.05) is 37.1 Å². The Morgan fingerprint density at radius 2 is 1.84 bits per heavy atom. The smallest absolute Gasteiger partial charge is 0.393 e. The fourth-order valence-electron chi connectivity index (χ4n) is 7.54. The van der Waals surface area contributed by atoms with Crippen molar-refractivity contribution in [3.63, 3.8) is 0 Å². The predicted molar refractivity (Wildman–Crippen MR) is 120 cm³/mol. The number of nitrogens with zero attached hydrogens (tertiary/aromatic N) is 1. The highest BCUT2D eigenvalue weighted by molar-refractivity contribution is 5.26. The van der Waals surface area contributed by atoms with E-state index in [4.69, 9.17) is 0 Å². The van der Waals surface area contributed by atoms with E-state index in [0.717, 1.165) is 37.8 Å². The fraction of sp³-hybridized carbons (Fsp3) is 0.846. The van der Waals surface area contributed by atoms with Gasteiger partial charge in [0.2, 0.25) is 0 Å². The van der Waals surface area contributed by atoms with E-state index in [1.54, 1.807) is 0 Å². The number of halogens is 3. The summed E-state index contributed by atoms with van der Waals surface area (Å²) in [6, 6.07) is 0. The molecular weight excluding hydrogens is 415 g/mol. The number of hydrogen-bond donors (Lipinski definition) is 2. The SMILES string of the molecule is CC(CN1CCC(C(F)(F)F)C1)[C@H]1CC[C@H]2/C(=C/C=C3C[C@@H](O)C[C@H](O)C3)CCC[C@]12C. The molecule has 0 aromatic heterocycles.